The number of carbonyl (C=O) groups is 1. The highest BCUT2D eigenvalue weighted by Crippen LogP contribution is 2.12. The molecule has 0 aliphatic carbocycles. The smallest absolute Gasteiger partial charge is 0.410 e. The van der Waals surface area contributed by atoms with E-state index in [0.29, 0.717) is 13.1 Å². The maximum atomic E-state index is 12.5. The number of nitrogens with zero attached hydrogens (tertiary/aromatic N) is 5. The van der Waals surface area contributed by atoms with Crippen LogP contribution in [0.15, 0.2) is 21.8 Å². The Morgan fingerprint density at radius 3 is 2.53 bits per heavy atom. The summed E-state index contributed by atoms with van der Waals surface area (Å²) in [7, 11) is 0. The molecule has 0 unspecified atom stereocenters. The van der Waals surface area contributed by atoms with Crippen LogP contribution in [0.4, 0.5) is 4.79 Å². The number of aliphatic imine (C=N–C) groups is 1. The molecule has 0 spiro atoms. The predicted molar refractivity (Wildman–Crippen MR) is 137 cm³/mol. The molecule has 0 saturated carbocycles. The van der Waals surface area contributed by atoms with Crippen LogP contribution in [0.2, 0.25) is 0 Å². The number of amides is 1. The van der Waals surface area contributed by atoms with Gasteiger partial charge in [0.15, 0.2) is 5.96 Å². The van der Waals surface area contributed by atoms with Crippen molar-refractivity contribution in [1.29, 1.82) is 0 Å². The Morgan fingerprint density at radius 2 is 2.00 bits per heavy atom. The first kappa shape index (κ1) is 28.5. The van der Waals surface area contributed by atoms with Gasteiger partial charge in [0.1, 0.15) is 11.9 Å². The van der Waals surface area contributed by atoms with E-state index in [9.17, 15) is 4.79 Å². The number of nitrogens with one attached hydrogen (secondary N) is 1. The summed E-state index contributed by atoms with van der Waals surface area (Å²) in [6.45, 7) is 18.4. The second-order valence-electron chi connectivity index (χ2n) is 9.11. The van der Waals surface area contributed by atoms with E-state index in [2.05, 4.69) is 27.2 Å². The minimum Gasteiger partial charge on any atom is -0.444 e. The Kier molecular flexibility index (Phi) is 12.3. The molecule has 0 bridgehead atoms. The third kappa shape index (κ3) is 9.93. The van der Waals surface area contributed by atoms with Crippen molar-refractivity contribution >= 4 is 36.0 Å². The summed E-state index contributed by atoms with van der Waals surface area (Å²) in [6, 6.07) is 2.00. The van der Waals surface area contributed by atoms with Gasteiger partial charge in [0.2, 0.25) is 0 Å². The molecule has 1 N–H and O–H groups in total. The number of hydrogen-bond donors (Lipinski definition) is 1. The molecule has 1 fully saturated rings. The molecule has 9 nitrogen and oxygen atoms in total. The van der Waals surface area contributed by atoms with Crippen LogP contribution in [0, 0.1) is 0 Å². The Balaban J connectivity index is 0.00000512. The molecule has 1 aromatic heterocycles. The SMILES string of the molecule is CCNC(=NCCCN(C(=O)OC(C)(C)C)C(C)C)N1CCN(Cc2ccon2)CC1.I. The number of hydrogen-bond acceptors (Lipinski definition) is 6. The van der Waals surface area contributed by atoms with E-state index < -0.39 is 5.60 Å². The molecule has 1 amide bonds. The number of rotatable bonds is 8. The first-order chi connectivity index (χ1) is 14.7. The van der Waals surface area contributed by atoms with Gasteiger partial charge in [-0.25, -0.2) is 4.79 Å². The molecule has 0 radical (unpaired) electrons. The van der Waals surface area contributed by atoms with Crippen molar-refractivity contribution in [3.8, 4) is 0 Å². The Labute approximate surface area is 209 Å². The van der Waals surface area contributed by atoms with Crippen molar-refractivity contribution in [1.82, 2.24) is 25.2 Å². The number of piperazine rings is 1. The molecule has 1 saturated heterocycles. The van der Waals surface area contributed by atoms with Crippen molar-refractivity contribution in [2.75, 3.05) is 45.8 Å². The van der Waals surface area contributed by atoms with Gasteiger partial charge in [-0.2, -0.15) is 0 Å². The highest BCUT2D eigenvalue weighted by Gasteiger charge is 2.24. The van der Waals surface area contributed by atoms with Crippen LogP contribution in [0.5, 0.6) is 0 Å². The van der Waals surface area contributed by atoms with Gasteiger partial charge >= 0.3 is 6.09 Å². The quantitative estimate of drug-likeness (QED) is 0.224. The molecule has 10 heteroatoms. The molecule has 1 aromatic rings. The van der Waals surface area contributed by atoms with Gasteiger partial charge in [-0.3, -0.25) is 9.89 Å². The van der Waals surface area contributed by atoms with Gasteiger partial charge in [0.25, 0.3) is 0 Å². The van der Waals surface area contributed by atoms with Gasteiger partial charge in [-0.05, 0) is 48.0 Å². The van der Waals surface area contributed by atoms with Crippen LogP contribution in [0.25, 0.3) is 0 Å². The minimum absolute atomic E-state index is 0. The average Bonchev–Trinajstić information content (AvgIpc) is 3.19. The van der Waals surface area contributed by atoms with Gasteiger partial charge in [-0.1, -0.05) is 5.16 Å². The van der Waals surface area contributed by atoms with E-state index in [1.54, 1.807) is 11.2 Å². The molecule has 1 aliphatic heterocycles. The molecule has 1 aliphatic rings. The fraction of sp³-hybridized carbons (Fsp3) is 0.773. The monoisotopic (exact) mass is 564 g/mol. The number of halogens is 1. The van der Waals surface area contributed by atoms with Gasteiger partial charge in [-0.15, -0.1) is 24.0 Å². The van der Waals surface area contributed by atoms with Crippen molar-refractivity contribution in [2.45, 2.75) is 66.2 Å². The topological polar surface area (TPSA) is 86.4 Å². The number of carbonyl (C=O) groups excluding carboxylic acids is 1. The maximum absolute atomic E-state index is 12.5. The Hall–Kier alpha value is -1.56. The van der Waals surface area contributed by atoms with Crippen molar-refractivity contribution in [2.24, 2.45) is 4.99 Å². The summed E-state index contributed by atoms with van der Waals surface area (Å²) in [5, 5.41) is 7.40. The van der Waals surface area contributed by atoms with Crippen LogP contribution < -0.4 is 5.32 Å². The van der Waals surface area contributed by atoms with E-state index in [1.807, 2.05) is 40.7 Å². The third-order valence-electron chi connectivity index (χ3n) is 4.95. The van der Waals surface area contributed by atoms with Crippen molar-refractivity contribution in [3.05, 3.63) is 18.0 Å². The summed E-state index contributed by atoms with van der Waals surface area (Å²) in [4.78, 5) is 23.7. The van der Waals surface area contributed by atoms with E-state index in [0.717, 1.165) is 57.3 Å². The number of aromatic nitrogens is 1. The first-order valence-electron chi connectivity index (χ1n) is 11.3. The van der Waals surface area contributed by atoms with Crippen LogP contribution in [0.3, 0.4) is 0 Å². The molecule has 0 atom stereocenters. The highest BCUT2D eigenvalue weighted by atomic mass is 127. The van der Waals surface area contributed by atoms with E-state index in [-0.39, 0.29) is 36.1 Å². The van der Waals surface area contributed by atoms with E-state index in [4.69, 9.17) is 14.3 Å². The van der Waals surface area contributed by atoms with Gasteiger partial charge in [0.05, 0.1) is 5.69 Å². The molecular weight excluding hydrogens is 523 g/mol. The molecular formula is C22H41IN6O3. The van der Waals surface area contributed by atoms with Crippen LogP contribution in [-0.2, 0) is 11.3 Å². The normalized spacial score (nSPS) is 15.5. The summed E-state index contributed by atoms with van der Waals surface area (Å²) in [5.41, 5.74) is 0.477. The standard InChI is InChI=1S/C22H40N6O3.HI/c1-7-23-20(27-14-12-26(13-15-27)17-19-9-16-30-25-19)24-10-8-11-28(18(2)3)21(29)31-22(4,5)6;/h9,16,18H,7-8,10-15,17H2,1-6H3,(H,23,24);1H. The van der Waals surface area contributed by atoms with Crippen molar-refractivity contribution < 1.29 is 14.1 Å². The zero-order chi connectivity index (χ0) is 22.9. The predicted octanol–water partition coefficient (Wildman–Crippen LogP) is 3.41. The number of ether oxygens (including phenoxy) is 1. The van der Waals surface area contributed by atoms with Crippen LogP contribution in [0.1, 0.15) is 53.7 Å². The lowest BCUT2D eigenvalue weighted by Crippen LogP contribution is -2.52. The summed E-state index contributed by atoms with van der Waals surface area (Å²) < 4.78 is 10.5. The van der Waals surface area contributed by atoms with E-state index in [1.165, 1.54) is 0 Å². The molecule has 2 heterocycles. The zero-order valence-electron chi connectivity index (χ0n) is 20.5. The Morgan fingerprint density at radius 1 is 1.31 bits per heavy atom. The maximum Gasteiger partial charge on any atom is 0.410 e. The average molecular weight is 565 g/mol. The Bertz CT molecular complexity index is 682. The van der Waals surface area contributed by atoms with E-state index >= 15 is 0 Å². The highest BCUT2D eigenvalue weighted by molar-refractivity contribution is 14.0. The van der Waals surface area contributed by atoms with Crippen molar-refractivity contribution in [3.63, 3.8) is 0 Å². The summed E-state index contributed by atoms with van der Waals surface area (Å²) in [5.74, 6) is 0.942. The number of guanidine groups is 1. The molecule has 184 valence electrons. The lowest BCUT2D eigenvalue weighted by Gasteiger charge is -2.36. The van der Waals surface area contributed by atoms with Crippen LogP contribution in [-0.4, -0.2) is 89.4 Å². The van der Waals surface area contributed by atoms with Crippen LogP contribution >= 0.6 is 24.0 Å². The lowest BCUT2D eigenvalue weighted by atomic mass is 10.2. The fourth-order valence-corrected chi connectivity index (χ4v) is 3.40. The van der Waals surface area contributed by atoms with Gasteiger partial charge in [0, 0.05) is 64.5 Å². The third-order valence-corrected chi connectivity index (χ3v) is 4.95. The summed E-state index contributed by atoms with van der Waals surface area (Å²) in [6.07, 6.45) is 2.14. The minimum atomic E-state index is -0.490. The molecule has 2 rings (SSSR count). The fourth-order valence-electron chi connectivity index (χ4n) is 3.40. The molecule has 32 heavy (non-hydrogen) atoms. The largest absolute Gasteiger partial charge is 0.444 e. The first-order valence-corrected chi connectivity index (χ1v) is 11.3. The zero-order valence-corrected chi connectivity index (χ0v) is 22.8. The second kappa shape index (κ2) is 13.9. The lowest BCUT2D eigenvalue weighted by molar-refractivity contribution is 0.0190. The van der Waals surface area contributed by atoms with Gasteiger partial charge < -0.3 is 24.4 Å². The second-order valence-corrected chi connectivity index (χ2v) is 9.11. The summed E-state index contributed by atoms with van der Waals surface area (Å²) >= 11 is 0. The molecule has 0 aromatic carbocycles.